The molecule has 0 aliphatic carbocycles. The molecule has 2 aliphatic rings. The quantitative estimate of drug-likeness (QED) is 0.0134. The van der Waals surface area contributed by atoms with Gasteiger partial charge in [-0.3, -0.25) is 43.2 Å². The number of ketones is 2. The maximum Gasteiger partial charge on any atom is 0.335 e. The number of unbranched alkanes of at least 4 members (excludes halogenated alkanes) is 1. The Hall–Kier alpha value is -7.74. The van der Waals surface area contributed by atoms with Gasteiger partial charge in [0.1, 0.15) is 74.6 Å². The molecule has 42 heteroatoms. The summed E-state index contributed by atoms with van der Waals surface area (Å²) in [5.74, 6) is -3.28. The van der Waals surface area contributed by atoms with Gasteiger partial charge in [0.05, 0.1) is 169 Å². The zero-order valence-corrected chi connectivity index (χ0v) is 65.4. The molecule has 0 spiro atoms. The van der Waals surface area contributed by atoms with E-state index >= 15 is 0 Å². The maximum atomic E-state index is 13.9. The molecule has 0 radical (unpaired) electrons. The van der Waals surface area contributed by atoms with Crippen LogP contribution in [0.1, 0.15) is 97.1 Å². The van der Waals surface area contributed by atoms with Gasteiger partial charge in [-0.1, -0.05) is 12.1 Å². The third-order valence-corrected chi connectivity index (χ3v) is 16.7. The summed E-state index contributed by atoms with van der Waals surface area (Å²) < 4.78 is 98.0. The summed E-state index contributed by atoms with van der Waals surface area (Å²) >= 11 is 0. The SMILES string of the molecule is CC(=O)OCc1ccc(O[C@@H]2OC[C@@H](O)[C@H](O)[C@H]2O)c(C(=O)CCCOCCOCCOCCOCCOCC(=O)N[C@H](CCCCNC(=O)COCCOCCOCCOCCOCCNC(=O)c2cc(COC(C)=O)ccc2O[C@@H]2O[C@H](C(=O)O)[C@@H](O)[C@H](O)[C@H]2O)C(=O)C[C@H](CCC(=O)O)C(=O)NCCOCCOCCON)c1. The van der Waals surface area contributed by atoms with Crippen LogP contribution in [0.25, 0.3) is 0 Å². The first-order chi connectivity index (χ1) is 55.9. The Morgan fingerprint density at radius 3 is 1.46 bits per heavy atom. The number of Topliss-reactive ketones (excluding diaryl/α,β-unsaturated/α-hetero) is 2. The Labute approximate surface area is 670 Å². The van der Waals surface area contributed by atoms with E-state index in [1.54, 1.807) is 6.07 Å². The van der Waals surface area contributed by atoms with Gasteiger partial charge in [0.15, 0.2) is 17.7 Å². The first-order valence-corrected chi connectivity index (χ1v) is 38.0. The highest BCUT2D eigenvalue weighted by molar-refractivity contribution is 5.99. The second-order valence-corrected chi connectivity index (χ2v) is 25.9. The first kappa shape index (κ1) is 101. The molecule has 0 aromatic heterocycles. The Morgan fingerprint density at radius 2 is 0.940 bits per heavy atom. The highest BCUT2D eigenvalue weighted by atomic mass is 16.7. The monoisotopic (exact) mass is 1670 g/mol. The lowest BCUT2D eigenvalue weighted by atomic mass is 9.91. The summed E-state index contributed by atoms with van der Waals surface area (Å²) in [5, 5.41) is 90.6. The van der Waals surface area contributed by atoms with Crippen LogP contribution in [0.4, 0.5) is 0 Å². The van der Waals surface area contributed by atoms with Crippen LogP contribution in [-0.4, -0.2) is 353 Å². The van der Waals surface area contributed by atoms with Crippen LogP contribution < -0.4 is 36.6 Å². The number of amides is 4. The Balaban J connectivity index is 1.07. The number of carbonyl (C=O) groups excluding carboxylic acids is 8. The number of carboxylic acid groups (broad SMARTS) is 2. The fraction of sp³-hybridized carbons (Fsp3) is 0.703. The van der Waals surface area contributed by atoms with Gasteiger partial charge in [0.2, 0.25) is 30.3 Å². The number of ether oxygens (including phenoxy) is 18. The van der Waals surface area contributed by atoms with Crippen LogP contribution in [-0.2, 0) is 132 Å². The molecular weight excluding hydrogens is 1550 g/mol. The number of benzene rings is 2. The molecule has 2 aromatic rings. The molecule has 11 atom stereocenters. The topological polar surface area (TPSA) is 582 Å². The van der Waals surface area contributed by atoms with E-state index in [1.165, 1.54) is 44.2 Å². The second kappa shape index (κ2) is 60.7. The molecule has 116 heavy (non-hydrogen) atoms. The molecular formula is C74H115N5O37. The highest BCUT2D eigenvalue weighted by Crippen LogP contribution is 2.30. The van der Waals surface area contributed by atoms with Crippen LogP contribution in [0.5, 0.6) is 11.5 Å². The molecule has 0 bridgehead atoms. The van der Waals surface area contributed by atoms with Gasteiger partial charge >= 0.3 is 23.9 Å². The number of esters is 2. The Bertz CT molecular complexity index is 3200. The molecule has 4 amide bonds. The van der Waals surface area contributed by atoms with Gasteiger partial charge in [-0.05, 0) is 67.5 Å². The lowest BCUT2D eigenvalue weighted by molar-refractivity contribution is -0.271. The molecule has 2 saturated heterocycles. The summed E-state index contributed by atoms with van der Waals surface area (Å²) in [5.41, 5.74) is 0.905. The molecule has 658 valence electrons. The molecule has 4 rings (SSSR count). The lowest BCUT2D eigenvalue weighted by Crippen LogP contribution is -2.61. The zero-order chi connectivity index (χ0) is 84.7. The van der Waals surface area contributed by atoms with Gasteiger partial charge in [-0.2, -0.15) is 0 Å². The van der Waals surface area contributed by atoms with Crippen LogP contribution in [0.2, 0.25) is 0 Å². The predicted molar refractivity (Wildman–Crippen MR) is 395 cm³/mol. The van der Waals surface area contributed by atoms with Crippen LogP contribution in [0, 0.1) is 5.92 Å². The van der Waals surface area contributed by atoms with Gasteiger partial charge in [-0.15, -0.1) is 0 Å². The summed E-state index contributed by atoms with van der Waals surface area (Å²) in [6.07, 6.45) is -15.1. The van der Waals surface area contributed by atoms with Crippen molar-refractivity contribution in [2.24, 2.45) is 11.8 Å². The maximum absolute atomic E-state index is 13.9. The minimum absolute atomic E-state index is 0.00552. The number of aliphatic hydroxyl groups is 6. The number of rotatable bonds is 68. The number of carboxylic acids is 2. The lowest BCUT2D eigenvalue weighted by Gasteiger charge is -2.38. The minimum Gasteiger partial charge on any atom is -0.481 e. The normalized spacial score (nSPS) is 19.1. The average molecular weight is 1670 g/mol. The molecule has 0 saturated carbocycles. The van der Waals surface area contributed by atoms with Crippen molar-refractivity contribution in [2.75, 3.05) is 191 Å². The van der Waals surface area contributed by atoms with Crippen molar-refractivity contribution in [3.8, 4) is 11.5 Å². The van der Waals surface area contributed by atoms with Gasteiger partial charge < -0.3 is 152 Å². The summed E-state index contributed by atoms with van der Waals surface area (Å²) in [6.45, 7) is 5.72. The third-order valence-electron chi connectivity index (χ3n) is 16.7. The Morgan fingerprint density at radius 1 is 0.474 bits per heavy atom. The van der Waals surface area contributed by atoms with Crippen molar-refractivity contribution in [1.82, 2.24) is 21.3 Å². The predicted octanol–water partition coefficient (Wildman–Crippen LogP) is -3.29. The zero-order valence-electron chi connectivity index (χ0n) is 65.4. The van der Waals surface area contributed by atoms with Crippen molar-refractivity contribution in [1.29, 1.82) is 0 Å². The number of carbonyl (C=O) groups is 10. The number of nitrogens with one attached hydrogen (secondary N) is 4. The summed E-state index contributed by atoms with van der Waals surface area (Å²) in [7, 11) is 0. The molecule has 2 heterocycles. The fourth-order valence-corrected chi connectivity index (χ4v) is 10.6. The van der Waals surface area contributed by atoms with Crippen molar-refractivity contribution >= 4 is 59.1 Å². The fourth-order valence-electron chi connectivity index (χ4n) is 10.6. The van der Waals surface area contributed by atoms with Crippen molar-refractivity contribution in [3.05, 3.63) is 58.7 Å². The van der Waals surface area contributed by atoms with Gasteiger partial charge in [0, 0.05) is 65.3 Å². The number of hydrogen-bond donors (Lipinski definition) is 13. The van der Waals surface area contributed by atoms with Crippen molar-refractivity contribution < 1.29 is 179 Å². The number of aliphatic hydroxyl groups excluding tert-OH is 6. The standard InChI is InChI=1S/C74H115N5O37/c1-48(80)110-43-50-8-11-59(114-73-67(92)64(89)58(84)45-112-73)53(40-50)56(82)7-5-17-98-20-23-101-26-28-103-31-33-106-35-37-109-47-62(86)79-55(57(83)42-52(10-13-63(87)88)70(94)77-15-18-99-22-25-107-38-39-113-75)6-3-4-14-76-61(85)46-108-36-34-105-32-30-104-29-27-102-24-21-100-19-16-78-71(95)54-41-51(44-111-49(2)81)9-12-60(54)115-74-68(93)65(90)66(91)69(116-74)72(96)97/h8-9,11-12,40-41,52,55,58,64-69,73-74,84,89-93H,3-7,10,13-39,42-47,75H2,1-2H3,(H,76,85)(H,77,94)(H,78,95)(H,79,86)(H,87,88)(H,96,97)/t52-,55+,58+,64-,65-,66-,67+,68+,69-,73-,74+/m0/s1. The van der Waals surface area contributed by atoms with Crippen LogP contribution in [0.3, 0.4) is 0 Å². The third kappa shape index (κ3) is 43.1. The van der Waals surface area contributed by atoms with E-state index in [9.17, 15) is 88.8 Å². The molecule has 2 fully saturated rings. The second-order valence-electron chi connectivity index (χ2n) is 25.9. The summed E-state index contributed by atoms with van der Waals surface area (Å²) in [6, 6.07) is 7.52. The molecule has 2 aromatic carbocycles. The van der Waals surface area contributed by atoms with E-state index in [4.69, 9.17) is 91.2 Å². The van der Waals surface area contributed by atoms with E-state index in [1.807, 2.05) is 0 Å². The Kier molecular flexibility index (Phi) is 52.6. The molecule has 14 N–H and O–H groups in total. The van der Waals surface area contributed by atoms with E-state index in [2.05, 4.69) is 26.1 Å². The largest absolute Gasteiger partial charge is 0.481 e. The highest BCUT2D eigenvalue weighted by Gasteiger charge is 2.48. The van der Waals surface area contributed by atoms with Crippen molar-refractivity contribution in [3.63, 3.8) is 0 Å². The smallest absolute Gasteiger partial charge is 0.335 e. The van der Waals surface area contributed by atoms with E-state index < -0.39 is 140 Å². The van der Waals surface area contributed by atoms with Gasteiger partial charge in [-0.25, -0.2) is 10.7 Å². The molecule has 42 nitrogen and oxygen atoms in total. The van der Waals surface area contributed by atoms with E-state index in [-0.39, 0.29) is 246 Å². The van der Waals surface area contributed by atoms with E-state index in [0.29, 0.717) is 30.4 Å². The van der Waals surface area contributed by atoms with Crippen LogP contribution in [0.15, 0.2) is 36.4 Å². The van der Waals surface area contributed by atoms with Crippen LogP contribution >= 0.6 is 0 Å². The summed E-state index contributed by atoms with van der Waals surface area (Å²) in [4.78, 5) is 130. The average Bonchev–Trinajstić information content (AvgIpc) is 0.799. The van der Waals surface area contributed by atoms with E-state index in [0.717, 1.165) is 0 Å². The minimum atomic E-state index is -1.96. The van der Waals surface area contributed by atoms with Gasteiger partial charge in [0.25, 0.3) is 5.91 Å². The number of aliphatic carboxylic acids is 2. The van der Waals surface area contributed by atoms with Crippen molar-refractivity contribution in [2.45, 2.75) is 140 Å². The molecule has 0 unspecified atom stereocenters. The molecule has 2 aliphatic heterocycles. The number of nitrogens with two attached hydrogens (primary N) is 1. The number of hydrogen-bond acceptors (Lipinski definition) is 36. The first-order valence-electron chi connectivity index (χ1n) is 38.0.